The van der Waals surface area contributed by atoms with Gasteiger partial charge in [-0.2, -0.15) is 10.4 Å². The highest BCUT2D eigenvalue weighted by atomic mass is 16.1. The Labute approximate surface area is 152 Å². The zero-order valence-corrected chi connectivity index (χ0v) is 14.4. The molecule has 2 aromatic carbocycles. The molecule has 3 rings (SSSR count). The molecule has 0 spiro atoms. The topological polar surface area (TPSA) is 82.7 Å². The van der Waals surface area contributed by atoms with Gasteiger partial charge in [-0.25, -0.2) is 4.68 Å². The van der Waals surface area contributed by atoms with E-state index in [-0.39, 0.29) is 18.5 Å². The predicted molar refractivity (Wildman–Crippen MR) is 99.8 cm³/mol. The molecule has 0 saturated carbocycles. The Bertz CT molecular complexity index is 910. The number of nitrogens with one attached hydrogen (secondary N) is 2. The van der Waals surface area contributed by atoms with E-state index in [0.717, 1.165) is 11.3 Å². The fourth-order valence-electron chi connectivity index (χ4n) is 2.57. The maximum Gasteiger partial charge on any atom is 0.238 e. The molecule has 6 nitrogen and oxygen atoms in total. The Morgan fingerprint density at radius 1 is 1.23 bits per heavy atom. The second-order valence-electron chi connectivity index (χ2n) is 5.89. The van der Waals surface area contributed by atoms with Gasteiger partial charge in [-0.15, -0.1) is 0 Å². The first-order valence-corrected chi connectivity index (χ1v) is 8.29. The Balaban J connectivity index is 1.54. The molecule has 26 heavy (non-hydrogen) atoms. The Hall–Kier alpha value is -3.43. The van der Waals surface area contributed by atoms with E-state index >= 15 is 0 Å². The SMILES string of the molecule is CC(NCC(=O)Nc1cccc(C#N)c1)c1ccc(-n2cccn2)cc1. The molecule has 1 heterocycles. The van der Waals surface area contributed by atoms with Crippen molar-refractivity contribution in [3.63, 3.8) is 0 Å². The fourth-order valence-corrected chi connectivity index (χ4v) is 2.57. The van der Waals surface area contributed by atoms with Crippen molar-refractivity contribution in [3.05, 3.63) is 78.1 Å². The zero-order valence-electron chi connectivity index (χ0n) is 14.4. The molecule has 0 bridgehead atoms. The van der Waals surface area contributed by atoms with Crippen LogP contribution in [0, 0.1) is 11.3 Å². The molecule has 130 valence electrons. The number of nitriles is 1. The number of aromatic nitrogens is 2. The second-order valence-corrected chi connectivity index (χ2v) is 5.89. The lowest BCUT2D eigenvalue weighted by Crippen LogP contribution is -2.30. The Morgan fingerprint density at radius 2 is 2.04 bits per heavy atom. The lowest BCUT2D eigenvalue weighted by atomic mass is 10.1. The summed E-state index contributed by atoms with van der Waals surface area (Å²) in [7, 11) is 0. The summed E-state index contributed by atoms with van der Waals surface area (Å²) in [6.07, 6.45) is 3.63. The van der Waals surface area contributed by atoms with Gasteiger partial charge >= 0.3 is 0 Å². The molecule has 0 saturated heterocycles. The van der Waals surface area contributed by atoms with Crippen LogP contribution >= 0.6 is 0 Å². The third-order valence-corrected chi connectivity index (χ3v) is 4.01. The highest BCUT2D eigenvalue weighted by Gasteiger charge is 2.09. The third-order valence-electron chi connectivity index (χ3n) is 4.01. The van der Waals surface area contributed by atoms with Crippen LogP contribution in [-0.2, 0) is 4.79 Å². The summed E-state index contributed by atoms with van der Waals surface area (Å²) >= 11 is 0. The molecule has 0 aliphatic rings. The zero-order chi connectivity index (χ0) is 18.4. The Morgan fingerprint density at radius 3 is 2.73 bits per heavy atom. The van der Waals surface area contributed by atoms with Crippen LogP contribution in [0.15, 0.2) is 67.0 Å². The molecule has 1 unspecified atom stereocenters. The first-order valence-electron chi connectivity index (χ1n) is 8.29. The number of benzene rings is 2. The summed E-state index contributed by atoms with van der Waals surface area (Å²) in [4.78, 5) is 12.1. The number of anilines is 1. The summed E-state index contributed by atoms with van der Waals surface area (Å²) in [5, 5.41) is 19.1. The summed E-state index contributed by atoms with van der Waals surface area (Å²) in [5.74, 6) is -0.153. The summed E-state index contributed by atoms with van der Waals surface area (Å²) in [6, 6.07) is 18.8. The Kier molecular flexibility index (Phi) is 5.42. The maximum atomic E-state index is 12.1. The van der Waals surface area contributed by atoms with E-state index < -0.39 is 0 Å². The van der Waals surface area contributed by atoms with Crippen molar-refractivity contribution in [1.29, 1.82) is 5.26 Å². The normalized spacial score (nSPS) is 11.5. The number of carbonyl (C=O) groups is 1. The maximum absolute atomic E-state index is 12.1. The average molecular weight is 345 g/mol. The summed E-state index contributed by atoms with van der Waals surface area (Å²) in [5.41, 5.74) is 3.20. The van der Waals surface area contributed by atoms with E-state index in [9.17, 15) is 4.79 Å². The third kappa shape index (κ3) is 4.35. The largest absolute Gasteiger partial charge is 0.325 e. The van der Waals surface area contributed by atoms with Gasteiger partial charge in [-0.1, -0.05) is 18.2 Å². The summed E-state index contributed by atoms with van der Waals surface area (Å²) < 4.78 is 1.80. The minimum Gasteiger partial charge on any atom is -0.325 e. The number of carbonyl (C=O) groups excluding carboxylic acids is 1. The average Bonchev–Trinajstić information content (AvgIpc) is 3.21. The molecule has 2 N–H and O–H groups in total. The lowest BCUT2D eigenvalue weighted by molar-refractivity contribution is -0.115. The van der Waals surface area contributed by atoms with E-state index in [4.69, 9.17) is 5.26 Å². The van der Waals surface area contributed by atoms with Crippen molar-refractivity contribution >= 4 is 11.6 Å². The molecule has 0 fully saturated rings. The van der Waals surface area contributed by atoms with Crippen LogP contribution in [0.1, 0.15) is 24.1 Å². The molecule has 1 amide bonds. The van der Waals surface area contributed by atoms with Crippen molar-refractivity contribution in [1.82, 2.24) is 15.1 Å². The number of amides is 1. The number of hydrogen-bond donors (Lipinski definition) is 2. The molecule has 1 atom stereocenters. The van der Waals surface area contributed by atoms with Crippen molar-refractivity contribution in [2.24, 2.45) is 0 Å². The van der Waals surface area contributed by atoms with Gasteiger partial charge in [0, 0.05) is 24.1 Å². The van der Waals surface area contributed by atoms with Crippen LogP contribution in [0.2, 0.25) is 0 Å². The van der Waals surface area contributed by atoms with E-state index in [1.165, 1.54) is 0 Å². The molecule has 0 aliphatic heterocycles. The molecule has 1 aromatic heterocycles. The second kappa shape index (κ2) is 8.10. The van der Waals surface area contributed by atoms with Gasteiger partial charge in [0.15, 0.2) is 0 Å². The number of nitrogens with zero attached hydrogens (tertiary/aromatic N) is 3. The van der Waals surface area contributed by atoms with Crippen LogP contribution in [-0.4, -0.2) is 22.2 Å². The fraction of sp³-hybridized carbons (Fsp3) is 0.150. The van der Waals surface area contributed by atoms with E-state index in [1.807, 2.05) is 43.5 Å². The first kappa shape index (κ1) is 17.4. The van der Waals surface area contributed by atoms with Crippen molar-refractivity contribution in [2.75, 3.05) is 11.9 Å². The highest BCUT2D eigenvalue weighted by Crippen LogP contribution is 2.15. The number of hydrogen-bond acceptors (Lipinski definition) is 4. The molecule has 6 heteroatoms. The minimum absolute atomic E-state index is 0.0258. The van der Waals surface area contributed by atoms with Crippen LogP contribution in [0.3, 0.4) is 0 Å². The highest BCUT2D eigenvalue weighted by molar-refractivity contribution is 5.92. The monoisotopic (exact) mass is 345 g/mol. The van der Waals surface area contributed by atoms with Gasteiger partial charge < -0.3 is 10.6 Å². The van der Waals surface area contributed by atoms with Gasteiger partial charge in [0.2, 0.25) is 5.91 Å². The van der Waals surface area contributed by atoms with Crippen LogP contribution in [0.5, 0.6) is 0 Å². The van der Waals surface area contributed by atoms with Crippen molar-refractivity contribution in [2.45, 2.75) is 13.0 Å². The predicted octanol–water partition coefficient (Wildman–Crippen LogP) is 3.03. The standard InChI is InChI=1S/C20H19N5O/c1-15(17-6-8-19(9-7-17)25-11-3-10-23-25)22-14-20(26)24-18-5-2-4-16(12-18)13-21/h2-12,15,22H,14H2,1H3,(H,24,26). The molecular weight excluding hydrogens is 326 g/mol. The molecule has 0 radical (unpaired) electrons. The van der Waals surface area contributed by atoms with Crippen LogP contribution < -0.4 is 10.6 Å². The van der Waals surface area contributed by atoms with Crippen molar-refractivity contribution in [3.8, 4) is 11.8 Å². The minimum atomic E-state index is -0.153. The van der Waals surface area contributed by atoms with Gasteiger partial charge in [0.25, 0.3) is 0 Å². The molecule has 3 aromatic rings. The quantitative estimate of drug-likeness (QED) is 0.719. The molecule has 0 aliphatic carbocycles. The number of rotatable bonds is 6. The van der Waals surface area contributed by atoms with E-state index in [0.29, 0.717) is 11.3 Å². The van der Waals surface area contributed by atoms with Gasteiger partial charge in [-0.05, 0) is 48.9 Å². The molecular formula is C20H19N5O. The first-order chi connectivity index (χ1) is 12.7. The summed E-state index contributed by atoms with van der Waals surface area (Å²) in [6.45, 7) is 2.19. The van der Waals surface area contributed by atoms with Crippen LogP contribution in [0.25, 0.3) is 5.69 Å². The lowest BCUT2D eigenvalue weighted by Gasteiger charge is -2.15. The van der Waals surface area contributed by atoms with Gasteiger partial charge in [0.05, 0.1) is 23.9 Å². The van der Waals surface area contributed by atoms with E-state index in [2.05, 4.69) is 21.8 Å². The van der Waals surface area contributed by atoms with Gasteiger partial charge in [0.1, 0.15) is 0 Å². The van der Waals surface area contributed by atoms with Crippen molar-refractivity contribution < 1.29 is 4.79 Å². The van der Waals surface area contributed by atoms with Gasteiger partial charge in [-0.3, -0.25) is 4.79 Å². The van der Waals surface area contributed by atoms with Crippen LogP contribution in [0.4, 0.5) is 5.69 Å². The smallest absolute Gasteiger partial charge is 0.238 e. The van der Waals surface area contributed by atoms with E-state index in [1.54, 1.807) is 35.1 Å².